The molecule has 0 radical (unpaired) electrons. The summed E-state index contributed by atoms with van der Waals surface area (Å²) in [4.78, 5) is 46.7. The quantitative estimate of drug-likeness (QED) is 0.441. The summed E-state index contributed by atoms with van der Waals surface area (Å²) in [6.07, 6.45) is 3.19. The topological polar surface area (TPSA) is 116 Å². The van der Waals surface area contributed by atoms with Crippen LogP contribution in [0.3, 0.4) is 0 Å². The third-order valence-electron chi connectivity index (χ3n) is 5.27. The Labute approximate surface area is 203 Å². The van der Waals surface area contributed by atoms with Gasteiger partial charge in [0.25, 0.3) is 11.8 Å². The summed E-state index contributed by atoms with van der Waals surface area (Å²) in [6, 6.07) is 12.1. The maximum atomic E-state index is 13.0. The zero-order valence-corrected chi connectivity index (χ0v) is 20.2. The number of nitrogens with zero attached hydrogens (tertiary/aromatic N) is 6. The first kappa shape index (κ1) is 23.6. The molecule has 2 aromatic heterocycles. The molecule has 4 rings (SSSR count). The van der Waals surface area contributed by atoms with Crippen molar-refractivity contribution >= 4 is 46.0 Å². The highest BCUT2D eigenvalue weighted by atomic mass is 16.2. The number of carbonyl (C=O) groups is 2. The van der Waals surface area contributed by atoms with Crippen LogP contribution < -0.4 is 20.4 Å². The lowest BCUT2D eigenvalue weighted by atomic mass is 10.1. The van der Waals surface area contributed by atoms with Gasteiger partial charge in [-0.05, 0) is 42.8 Å². The molecule has 0 fully saturated rings. The number of amides is 2. The molecule has 2 amide bonds. The molecule has 0 spiro atoms. The van der Waals surface area contributed by atoms with Gasteiger partial charge in [-0.25, -0.2) is 4.98 Å². The fraction of sp³-hybridized carbons (Fsp3) is 0.200. The van der Waals surface area contributed by atoms with E-state index in [1.807, 2.05) is 46.1 Å². The minimum atomic E-state index is -0.382. The summed E-state index contributed by atoms with van der Waals surface area (Å²) < 4.78 is 0. The van der Waals surface area contributed by atoms with Gasteiger partial charge < -0.3 is 20.4 Å². The van der Waals surface area contributed by atoms with Gasteiger partial charge in [0.2, 0.25) is 5.95 Å². The lowest BCUT2D eigenvalue weighted by Crippen LogP contribution is -2.21. The molecule has 0 aliphatic carbocycles. The maximum absolute atomic E-state index is 13.0. The highest BCUT2D eigenvalue weighted by Gasteiger charge is 2.16. The van der Waals surface area contributed by atoms with E-state index in [4.69, 9.17) is 0 Å². The summed E-state index contributed by atoms with van der Waals surface area (Å²) in [6.45, 7) is 1.88. The molecule has 0 saturated heterocycles. The van der Waals surface area contributed by atoms with Crippen molar-refractivity contribution in [3.63, 3.8) is 0 Å². The molecule has 0 bridgehead atoms. The van der Waals surface area contributed by atoms with Gasteiger partial charge in [-0.3, -0.25) is 19.6 Å². The fourth-order valence-electron chi connectivity index (χ4n) is 3.30. The van der Waals surface area contributed by atoms with Crippen LogP contribution in [0, 0.1) is 6.92 Å². The molecule has 10 nitrogen and oxygen atoms in total. The van der Waals surface area contributed by atoms with Gasteiger partial charge in [-0.15, -0.1) is 0 Å². The average molecular weight is 471 g/mol. The summed E-state index contributed by atoms with van der Waals surface area (Å²) in [5.74, 6) is 0.378. The number of aryl methyl sites for hydroxylation is 1. The number of hydrogen-bond donors (Lipinski definition) is 2. The van der Waals surface area contributed by atoms with Gasteiger partial charge in [0.05, 0.1) is 11.0 Å². The SMILES string of the molecule is Cc1ccc(NC(=O)c2cc(N(C)C)nc(N(C)C)n2)cc1NC(=O)c1ccc2nccnc2c1. The number of benzene rings is 2. The Bertz CT molecular complexity index is 1390. The van der Waals surface area contributed by atoms with E-state index in [1.54, 1.807) is 53.7 Å². The standard InChI is InChI=1S/C25H26N8O2/c1-15-6-8-17(28-24(35)21-14-22(32(2)3)31-25(30-21)33(4)5)13-19(15)29-23(34)16-7-9-18-20(12-16)27-11-10-26-18/h6-14H,1-5H3,(H,28,35)(H,29,34). The van der Waals surface area contributed by atoms with Crippen LogP contribution >= 0.6 is 0 Å². The number of hydrogen-bond acceptors (Lipinski definition) is 8. The van der Waals surface area contributed by atoms with Crippen molar-refractivity contribution in [3.8, 4) is 0 Å². The summed E-state index contributed by atoms with van der Waals surface area (Å²) in [5.41, 5.74) is 4.00. The third-order valence-corrected chi connectivity index (χ3v) is 5.27. The smallest absolute Gasteiger partial charge is 0.274 e. The minimum absolute atomic E-state index is 0.232. The lowest BCUT2D eigenvalue weighted by molar-refractivity contribution is 0.101. The van der Waals surface area contributed by atoms with Crippen LogP contribution in [-0.2, 0) is 0 Å². The average Bonchev–Trinajstić information content (AvgIpc) is 2.85. The van der Waals surface area contributed by atoms with Crippen molar-refractivity contribution in [1.82, 2.24) is 19.9 Å². The van der Waals surface area contributed by atoms with E-state index in [-0.39, 0.29) is 17.5 Å². The molecule has 0 unspecified atom stereocenters. The Morgan fingerprint density at radius 3 is 2.23 bits per heavy atom. The molecule has 35 heavy (non-hydrogen) atoms. The Morgan fingerprint density at radius 2 is 1.51 bits per heavy atom. The van der Waals surface area contributed by atoms with E-state index in [0.29, 0.717) is 39.7 Å². The summed E-state index contributed by atoms with van der Waals surface area (Å²) >= 11 is 0. The van der Waals surface area contributed by atoms with Gasteiger partial charge in [0.1, 0.15) is 11.5 Å². The van der Waals surface area contributed by atoms with Crippen molar-refractivity contribution in [2.24, 2.45) is 0 Å². The molecule has 2 aromatic carbocycles. The molecular formula is C25H26N8O2. The summed E-state index contributed by atoms with van der Waals surface area (Å²) in [5, 5.41) is 5.77. The molecule has 0 aliphatic rings. The number of anilines is 4. The van der Waals surface area contributed by atoms with Crippen LogP contribution in [0.1, 0.15) is 26.4 Å². The van der Waals surface area contributed by atoms with Gasteiger partial charge in [0, 0.05) is 63.6 Å². The zero-order chi connectivity index (χ0) is 25.1. The predicted octanol–water partition coefficient (Wildman–Crippen LogP) is 3.36. The van der Waals surface area contributed by atoms with Crippen molar-refractivity contribution < 1.29 is 9.59 Å². The molecule has 0 saturated carbocycles. The number of aromatic nitrogens is 4. The molecule has 10 heteroatoms. The van der Waals surface area contributed by atoms with Crippen molar-refractivity contribution in [1.29, 1.82) is 0 Å². The number of nitrogens with one attached hydrogen (secondary N) is 2. The Morgan fingerprint density at radius 1 is 0.771 bits per heavy atom. The fourth-order valence-corrected chi connectivity index (χ4v) is 3.30. The first-order valence-electron chi connectivity index (χ1n) is 10.9. The number of carbonyl (C=O) groups excluding carboxylic acids is 2. The number of fused-ring (bicyclic) bond motifs is 1. The maximum Gasteiger partial charge on any atom is 0.274 e. The van der Waals surface area contributed by atoms with Gasteiger partial charge in [-0.2, -0.15) is 4.98 Å². The number of rotatable bonds is 6. The minimum Gasteiger partial charge on any atom is -0.363 e. The molecular weight excluding hydrogens is 444 g/mol. The molecule has 178 valence electrons. The molecule has 2 N–H and O–H groups in total. The van der Waals surface area contributed by atoms with Crippen molar-refractivity contribution in [2.75, 3.05) is 48.6 Å². The second-order valence-electron chi connectivity index (χ2n) is 8.40. The van der Waals surface area contributed by atoms with Crippen LogP contribution in [0.2, 0.25) is 0 Å². The Balaban J connectivity index is 1.55. The van der Waals surface area contributed by atoms with E-state index >= 15 is 0 Å². The normalized spacial score (nSPS) is 10.7. The molecule has 4 aromatic rings. The molecule has 0 atom stereocenters. The van der Waals surface area contributed by atoms with Crippen LogP contribution in [0.5, 0.6) is 0 Å². The Hall–Kier alpha value is -4.60. The zero-order valence-electron chi connectivity index (χ0n) is 20.2. The van der Waals surface area contributed by atoms with Crippen LogP contribution in [-0.4, -0.2) is 59.9 Å². The second kappa shape index (κ2) is 9.72. The predicted molar refractivity (Wildman–Crippen MR) is 137 cm³/mol. The highest BCUT2D eigenvalue weighted by molar-refractivity contribution is 6.07. The first-order valence-corrected chi connectivity index (χ1v) is 10.9. The van der Waals surface area contributed by atoms with Crippen LogP contribution in [0.25, 0.3) is 11.0 Å². The monoisotopic (exact) mass is 470 g/mol. The van der Waals surface area contributed by atoms with E-state index in [2.05, 4.69) is 30.6 Å². The second-order valence-corrected chi connectivity index (χ2v) is 8.40. The van der Waals surface area contributed by atoms with E-state index in [9.17, 15) is 9.59 Å². The molecule has 2 heterocycles. The van der Waals surface area contributed by atoms with Crippen LogP contribution in [0.4, 0.5) is 23.1 Å². The Kier molecular flexibility index (Phi) is 6.54. The van der Waals surface area contributed by atoms with Gasteiger partial charge in [0.15, 0.2) is 0 Å². The largest absolute Gasteiger partial charge is 0.363 e. The van der Waals surface area contributed by atoms with Crippen molar-refractivity contribution in [3.05, 3.63) is 71.7 Å². The lowest BCUT2D eigenvalue weighted by Gasteiger charge is -2.17. The van der Waals surface area contributed by atoms with Gasteiger partial charge in [-0.1, -0.05) is 6.07 Å². The van der Waals surface area contributed by atoms with Gasteiger partial charge >= 0.3 is 0 Å². The third kappa shape index (κ3) is 5.32. The van der Waals surface area contributed by atoms with E-state index < -0.39 is 0 Å². The molecule has 0 aliphatic heterocycles. The van der Waals surface area contributed by atoms with E-state index in [0.717, 1.165) is 5.56 Å². The summed E-state index contributed by atoms with van der Waals surface area (Å²) in [7, 11) is 7.32. The highest BCUT2D eigenvalue weighted by Crippen LogP contribution is 2.23. The first-order chi connectivity index (χ1) is 16.7. The van der Waals surface area contributed by atoms with E-state index in [1.165, 1.54) is 0 Å². The van der Waals surface area contributed by atoms with Crippen LogP contribution in [0.15, 0.2) is 54.9 Å². The van der Waals surface area contributed by atoms with Crippen molar-refractivity contribution in [2.45, 2.75) is 6.92 Å².